The smallest absolute Gasteiger partial charge is 0.422 e. The summed E-state index contributed by atoms with van der Waals surface area (Å²) in [6, 6.07) is 3.75. The Morgan fingerprint density at radius 1 is 1.27 bits per heavy atom. The zero-order valence-corrected chi connectivity index (χ0v) is 12.0. The molecule has 6 nitrogen and oxygen atoms in total. The molecular weight excluding hydrogens is 303 g/mol. The van der Waals surface area contributed by atoms with Crippen molar-refractivity contribution in [2.45, 2.75) is 6.18 Å². The summed E-state index contributed by atoms with van der Waals surface area (Å²) in [4.78, 5) is 14.1. The summed E-state index contributed by atoms with van der Waals surface area (Å²) < 4.78 is 41.8. The number of nitrogens with zero attached hydrogens (tertiary/aromatic N) is 3. The quantitative estimate of drug-likeness (QED) is 0.629. The number of halogens is 3. The van der Waals surface area contributed by atoms with Gasteiger partial charge in [0.15, 0.2) is 6.61 Å². The van der Waals surface area contributed by atoms with Crippen molar-refractivity contribution in [1.82, 2.24) is 4.90 Å². The summed E-state index contributed by atoms with van der Waals surface area (Å²) in [5.41, 5.74) is 0.151. The number of anilines is 1. The van der Waals surface area contributed by atoms with E-state index >= 15 is 0 Å². The molecular formula is C13H16F3N3O3. The van der Waals surface area contributed by atoms with Gasteiger partial charge in [-0.2, -0.15) is 13.2 Å². The summed E-state index contributed by atoms with van der Waals surface area (Å²) in [7, 11) is 1.95. The summed E-state index contributed by atoms with van der Waals surface area (Å²) in [5, 5.41) is 10.8. The second-order valence-electron chi connectivity index (χ2n) is 5.10. The maximum Gasteiger partial charge on any atom is 0.422 e. The van der Waals surface area contributed by atoms with Gasteiger partial charge in [0.05, 0.1) is 16.7 Å². The highest BCUT2D eigenvalue weighted by atomic mass is 19.4. The molecule has 0 atom stereocenters. The topological polar surface area (TPSA) is 58.9 Å². The molecule has 0 bridgehead atoms. The SMILES string of the molecule is CN1CCN(c2ccc([N+](=O)[O-])cc2OCC(F)(F)F)CC1. The highest BCUT2D eigenvalue weighted by Gasteiger charge is 2.30. The van der Waals surface area contributed by atoms with Crippen molar-refractivity contribution < 1.29 is 22.8 Å². The minimum Gasteiger partial charge on any atom is -0.482 e. The predicted octanol–water partition coefficient (Wildman–Crippen LogP) is 2.29. The van der Waals surface area contributed by atoms with Crippen LogP contribution in [0.5, 0.6) is 5.75 Å². The van der Waals surface area contributed by atoms with Gasteiger partial charge in [-0.3, -0.25) is 10.1 Å². The molecule has 1 aliphatic rings. The maximum atomic E-state index is 12.3. The highest BCUT2D eigenvalue weighted by Crippen LogP contribution is 2.34. The Balaban J connectivity index is 2.25. The van der Waals surface area contributed by atoms with Crippen LogP contribution in [0.3, 0.4) is 0 Å². The number of benzene rings is 1. The van der Waals surface area contributed by atoms with Crippen LogP contribution in [0.1, 0.15) is 0 Å². The average Bonchev–Trinajstić information content (AvgIpc) is 2.45. The van der Waals surface area contributed by atoms with Crippen molar-refractivity contribution in [2.75, 3.05) is 44.7 Å². The van der Waals surface area contributed by atoms with Gasteiger partial charge in [-0.05, 0) is 13.1 Å². The first-order valence-electron chi connectivity index (χ1n) is 6.68. The third-order valence-corrected chi connectivity index (χ3v) is 3.39. The van der Waals surface area contributed by atoms with Crippen molar-refractivity contribution in [3.63, 3.8) is 0 Å². The summed E-state index contributed by atoms with van der Waals surface area (Å²) in [6.07, 6.45) is -4.50. The molecule has 9 heteroatoms. The van der Waals surface area contributed by atoms with Crippen molar-refractivity contribution in [3.05, 3.63) is 28.3 Å². The van der Waals surface area contributed by atoms with Crippen LogP contribution >= 0.6 is 0 Å². The number of nitro groups is 1. The first-order chi connectivity index (χ1) is 10.3. The number of hydrogen-bond acceptors (Lipinski definition) is 5. The van der Waals surface area contributed by atoms with Crippen molar-refractivity contribution in [1.29, 1.82) is 0 Å². The molecule has 1 aliphatic heterocycles. The molecule has 1 heterocycles. The highest BCUT2D eigenvalue weighted by molar-refractivity contribution is 5.62. The predicted molar refractivity (Wildman–Crippen MR) is 74.4 cm³/mol. The molecule has 2 rings (SSSR count). The van der Waals surface area contributed by atoms with Gasteiger partial charge in [-0.15, -0.1) is 0 Å². The lowest BCUT2D eigenvalue weighted by Crippen LogP contribution is -2.44. The Hall–Kier alpha value is -2.03. The Morgan fingerprint density at radius 3 is 2.45 bits per heavy atom. The van der Waals surface area contributed by atoms with Gasteiger partial charge in [-0.1, -0.05) is 0 Å². The second kappa shape index (κ2) is 6.39. The van der Waals surface area contributed by atoms with Crippen molar-refractivity contribution >= 4 is 11.4 Å². The van der Waals surface area contributed by atoms with E-state index in [4.69, 9.17) is 4.74 Å². The molecule has 122 valence electrons. The van der Waals surface area contributed by atoms with Crippen LogP contribution in [0.4, 0.5) is 24.5 Å². The van der Waals surface area contributed by atoms with E-state index in [0.29, 0.717) is 18.8 Å². The fourth-order valence-electron chi connectivity index (χ4n) is 2.20. The normalized spacial score (nSPS) is 16.6. The van der Waals surface area contributed by atoms with Crippen LogP contribution in [-0.2, 0) is 0 Å². The number of hydrogen-bond donors (Lipinski definition) is 0. The number of nitro benzene ring substituents is 1. The van der Waals surface area contributed by atoms with E-state index in [1.807, 2.05) is 11.9 Å². The fourth-order valence-corrected chi connectivity index (χ4v) is 2.20. The van der Waals surface area contributed by atoms with Gasteiger partial charge in [0, 0.05) is 32.2 Å². The molecule has 1 aromatic carbocycles. The van der Waals surface area contributed by atoms with E-state index in [0.717, 1.165) is 19.2 Å². The molecule has 0 radical (unpaired) electrons. The second-order valence-corrected chi connectivity index (χ2v) is 5.10. The number of piperazine rings is 1. The van der Waals surface area contributed by atoms with E-state index in [1.54, 1.807) is 0 Å². The zero-order valence-electron chi connectivity index (χ0n) is 12.0. The Bertz CT molecular complexity index is 543. The molecule has 1 saturated heterocycles. The zero-order chi connectivity index (χ0) is 16.3. The fraction of sp³-hybridized carbons (Fsp3) is 0.538. The standard InChI is InChI=1S/C13H16F3N3O3/c1-17-4-6-18(7-5-17)11-3-2-10(19(20)21)8-12(11)22-9-13(14,15)16/h2-3,8H,4-7,9H2,1H3. The first kappa shape index (κ1) is 16.3. The lowest BCUT2D eigenvalue weighted by atomic mass is 10.2. The van der Waals surface area contributed by atoms with Crippen molar-refractivity contribution in [2.24, 2.45) is 0 Å². The van der Waals surface area contributed by atoms with E-state index < -0.39 is 17.7 Å². The molecule has 1 fully saturated rings. The van der Waals surface area contributed by atoms with Crippen LogP contribution < -0.4 is 9.64 Å². The van der Waals surface area contributed by atoms with Gasteiger partial charge in [0.25, 0.3) is 5.69 Å². The Kier molecular flexibility index (Phi) is 4.74. The van der Waals surface area contributed by atoms with E-state index in [2.05, 4.69) is 4.90 Å². The van der Waals surface area contributed by atoms with Crippen LogP contribution in [-0.4, -0.2) is 55.8 Å². The summed E-state index contributed by atoms with van der Waals surface area (Å²) >= 11 is 0. The monoisotopic (exact) mass is 319 g/mol. The van der Waals surface area contributed by atoms with Crippen LogP contribution in [0.2, 0.25) is 0 Å². The molecule has 0 N–H and O–H groups in total. The van der Waals surface area contributed by atoms with Crippen LogP contribution in [0, 0.1) is 10.1 Å². The number of likely N-dealkylation sites (N-methyl/N-ethyl adjacent to an activating group) is 1. The summed E-state index contributed by atoms with van der Waals surface area (Å²) in [5.74, 6) is -0.115. The first-order valence-corrected chi connectivity index (χ1v) is 6.68. The maximum absolute atomic E-state index is 12.3. The minimum atomic E-state index is -4.50. The van der Waals surface area contributed by atoms with Gasteiger partial charge in [0.2, 0.25) is 0 Å². The molecule has 22 heavy (non-hydrogen) atoms. The molecule has 0 unspecified atom stereocenters. The van der Waals surface area contributed by atoms with E-state index in [1.165, 1.54) is 12.1 Å². The average molecular weight is 319 g/mol. The molecule has 0 amide bonds. The lowest BCUT2D eigenvalue weighted by Gasteiger charge is -2.34. The number of ether oxygens (including phenoxy) is 1. The number of alkyl halides is 3. The third-order valence-electron chi connectivity index (χ3n) is 3.39. The largest absolute Gasteiger partial charge is 0.482 e. The van der Waals surface area contributed by atoms with Crippen LogP contribution in [0.25, 0.3) is 0 Å². The van der Waals surface area contributed by atoms with Gasteiger partial charge in [-0.25, -0.2) is 0 Å². The third kappa shape index (κ3) is 4.23. The van der Waals surface area contributed by atoms with Gasteiger partial charge in [0.1, 0.15) is 5.75 Å². The van der Waals surface area contributed by atoms with Gasteiger partial charge >= 0.3 is 6.18 Å². The molecule has 0 aliphatic carbocycles. The molecule has 0 spiro atoms. The Morgan fingerprint density at radius 2 is 1.91 bits per heavy atom. The minimum absolute atomic E-state index is 0.115. The lowest BCUT2D eigenvalue weighted by molar-refractivity contribution is -0.384. The van der Waals surface area contributed by atoms with Gasteiger partial charge < -0.3 is 14.5 Å². The number of rotatable bonds is 4. The van der Waals surface area contributed by atoms with E-state index in [-0.39, 0.29) is 11.4 Å². The summed E-state index contributed by atoms with van der Waals surface area (Å²) in [6.45, 7) is 1.29. The van der Waals surface area contributed by atoms with Crippen molar-refractivity contribution in [3.8, 4) is 5.75 Å². The molecule has 0 saturated carbocycles. The van der Waals surface area contributed by atoms with E-state index in [9.17, 15) is 23.3 Å². The Labute approximate surface area is 125 Å². The molecule has 1 aromatic rings. The molecule has 0 aromatic heterocycles. The number of non-ortho nitro benzene ring substituents is 1. The van der Waals surface area contributed by atoms with Crippen LogP contribution in [0.15, 0.2) is 18.2 Å².